The Kier molecular flexibility index (Phi) is 3.55. The molecule has 0 bridgehead atoms. The summed E-state index contributed by atoms with van der Waals surface area (Å²) in [6.45, 7) is 6.95. The van der Waals surface area contributed by atoms with Crippen LogP contribution in [0.25, 0.3) is 0 Å². The molecule has 0 amide bonds. The highest BCUT2D eigenvalue weighted by Crippen LogP contribution is 2.03. The van der Waals surface area contributed by atoms with Crippen LogP contribution in [0.2, 0.25) is 0 Å². The molecule has 1 heteroatoms. The van der Waals surface area contributed by atoms with E-state index < -0.39 is 0 Å². The smallest absolute Gasteiger partial charge is 0.0721 e. The standard InChI is InChI=1S/C11H14O/c1-3-8-12-9-11-6-4-10(2)5-7-11/h3-7H,1,8-9H2,2H3. The summed E-state index contributed by atoms with van der Waals surface area (Å²) in [5.41, 5.74) is 2.49. The fraction of sp³-hybridized carbons (Fsp3) is 0.273. The Morgan fingerprint density at radius 3 is 2.58 bits per heavy atom. The average molecular weight is 162 g/mol. The first kappa shape index (κ1) is 9.01. The van der Waals surface area contributed by atoms with Crippen LogP contribution in [0.15, 0.2) is 36.9 Å². The van der Waals surface area contributed by atoms with Gasteiger partial charge in [0.05, 0.1) is 13.2 Å². The molecule has 64 valence electrons. The average Bonchev–Trinajstić information content (AvgIpc) is 2.09. The fourth-order valence-electron chi connectivity index (χ4n) is 0.944. The molecule has 0 saturated carbocycles. The van der Waals surface area contributed by atoms with Gasteiger partial charge >= 0.3 is 0 Å². The van der Waals surface area contributed by atoms with Crippen LogP contribution in [-0.4, -0.2) is 6.61 Å². The lowest BCUT2D eigenvalue weighted by molar-refractivity contribution is 0.149. The highest BCUT2D eigenvalue weighted by atomic mass is 16.5. The van der Waals surface area contributed by atoms with Crippen LogP contribution in [-0.2, 0) is 11.3 Å². The molecular formula is C11H14O. The number of ether oxygens (including phenoxy) is 1. The van der Waals surface area contributed by atoms with Crippen molar-refractivity contribution in [3.05, 3.63) is 48.0 Å². The number of hydrogen-bond acceptors (Lipinski definition) is 1. The predicted molar refractivity (Wildman–Crippen MR) is 51.0 cm³/mol. The molecule has 0 aliphatic rings. The Bertz CT molecular complexity index is 236. The molecular weight excluding hydrogens is 148 g/mol. The molecule has 0 fully saturated rings. The van der Waals surface area contributed by atoms with Gasteiger partial charge in [-0.15, -0.1) is 6.58 Å². The SMILES string of the molecule is C=CCOCc1ccc(C)cc1. The van der Waals surface area contributed by atoms with Crippen molar-refractivity contribution in [2.75, 3.05) is 6.61 Å². The van der Waals surface area contributed by atoms with Crippen LogP contribution in [0.1, 0.15) is 11.1 Å². The van der Waals surface area contributed by atoms with Gasteiger partial charge in [0.2, 0.25) is 0 Å². The largest absolute Gasteiger partial charge is 0.373 e. The van der Waals surface area contributed by atoms with Crippen molar-refractivity contribution in [2.24, 2.45) is 0 Å². The summed E-state index contributed by atoms with van der Waals surface area (Å²) in [4.78, 5) is 0. The van der Waals surface area contributed by atoms with Crippen molar-refractivity contribution in [3.63, 3.8) is 0 Å². The predicted octanol–water partition coefficient (Wildman–Crippen LogP) is 2.70. The molecule has 0 aliphatic heterocycles. The van der Waals surface area contributed by atoms with Gasteiger partial charge in [-0.05, 0) is 12.5 Å². The monoisotopic (exact) mass is 162 g/mol. The van der Waals surface area contributed by atoms with E-state index in [1.165, 1.54) is 11.1 Å². The molecule has 0 radical (unpaired) electrons. The lowest BCUT2D eigenvalue weighted by atomic mass is 10.2. The van der Waals surface area contributed by atoms with Crippen LogP contribution in [0.4, 0.5) is 0 Å². The molecule has 1 aromatic rings. The van der Waals surface area contributed by atoms with Crippen molar-refractivity contribution in [1.82, 2.24) is 0 Å². The van der Waals surface area contributed by atoms with E-state index in [4.69, 9.17) is 4.74 Å². The summed E-state index contributed by atoms with van der Waals surface area (Å²) >= 11 is 0. The van der Waals surface area contributed by atoms with Crippen molar-refractivity contribution >= 4 is 0 Å². The molecule has 0 aromatic heterocycles. The van der Waals surface area contributed by atoms with Gasteiger partial charge in [0, 0.05) is 0 Å². The van der Waals surface area contributed by atoms with Crippen LogP contribution < -0.4 is 0 Å². The van der Waals surface area contributed by atoms with Gasteiger partial charge in [-0.25, -0.2) is 0 Å². The normalized spacial score (nSPS) is 9.75. The molecule has 0 N–H and O–H groups in total. The molecule has 0 aliphatic carbocycles. The molecule has 12 heavy (non-hydrogen) atoms. The fourth-order valence-corrected chi connectivity index (χ4v) is 0.944. The van der Waals surface area contributed by atoms with Gasteiger partial charge < -0.3 is 4.74 Å². The molecule has 0 spiro atoms. The Morgan fingerprint density at radius 1 is 1.33 bits per heavy atom. The molecule has 1 nitrogen and oxygen atoms in total. The maximum Gasteiger partial charge on any atom is 0.0721 e. The lowest BCUT2D eigenvalue weighted by Crippen LogP contribution is -1.91. The molecule has 0 saturated heterocycles. The van der Waals surface area contributed by atoms with Gasteiger partial charge in [0.25, 0.3) is 0 Å². The summed E-state index contributed by atoms with van der Waals surface area (Å²) in [6, 6.07) is 8.34. The quantitative estimate of drug-likeness (QED) is 0.488. The number of benzene rings is 1. The van der Waals surface area contributed by atoms with Crippen LogP contribution in [0, 0.1) is 6.92 Å². The maximum absolute atomic E-state index is 5.29. The van der Waals surface area contributed by atoms with E-state index in [9.17, 15) is 0 Å². The summed E-state index contributed by atoms with van der Waals surface area (Å²) in [7, 11) is 0. The second-order valence-corrected chi connectivity index (χ2v) is 2.79. The van der Waals surface area contributed by atoms with E-state index in [0.29, 0.717) is 13.2 Å². The molecule has 0 heterocycles. The Balaban J connectivity index is 2.42. The minimum atomic E-state index is 0.619. The van der Waals surface area contributed by atoms with E-state index in [-0.39, 0.29) is 0 Å². The van der Waals surface area contributed by atoms with E-state index in [0.717, 1.165) is 0 Å². The van der Waals surface area contributed by atoms with Gasteiger partial charge in [0.1, 0.15) is 0 Å². The molecule has 0 atom stereocenters. The Morgan fingerprint density at radius 2 is 2.00 bits per heavy atom. The first-order valence-electron chi connectivity index (χ1n) is 4.07. The minimum absolute atomic E-state index is 0.619. The van der Waals surface area contributed by atoms with Gasteiger partial charge in [-0.2, -0.15) is 0 Å². The molecule has 1 rings (SSSR count). The third-order valence-corrected chi connectivity index (χ3v) is 1.63. The second-order valence-electron chi connectivity index (χ2n) is 2.79. The zero-order valence-corrected chi connectivity index (χ0v) is 7.42. The second kappa shape index (κ2) is 4.73. The summed E-state index contributed by atoms with van der Waals surface area (Å²) in [5, 5.41) is 0. The van der Waals surface area contributed by atoms with Gasteiger partial charge in [-0.1, -0.05) is 35.9 Å². The maximum atomic E-state index is 5.29. The van der Waals surface area contributed by atoms with Crippen molar-refractivity contribution < 1.29 is 4.74 Å². The first-order valence-corrected chi connectivity index (χ1v) is 4.07. The van der Waals surface area contributed by atoms with Crippen LogP contribution in [0.3, 0.4) is 0 Å². The number of hydrogen-bond donors (Lipinski definition) is 0. The van der Waals surface area contributed by atoms with Crippen LogP contribution in [0.5, 0.6) is 0 Å². The number of aryl methyl sites for hydroxylation is 1. The molecule has 1 aromatic carbocycles. The van der Waals surface area contributed by atoms with E-state index in [1.807, 2.05) is 0 Å². The van der Waals surface area contributed by atoms with Gasteiger partial charge in [0.15, 0.2) is 0 Å². The summed E-state index contributed by atoms with van der Waals surface area (Å²) < 4.78 is 5.29. The number of rotatable bonds is 4. The van der Waals surface area contributed by atoms with Crippen LogP contribution >= 0.6 is 0 Å². The highest BCUT2D eigenvalue weighted by Gasteiger charge is 1.90. The zero-order chi connectivity index (χ0) is 8.81. The summed E-state index contributed by atoms with van der Waals surface area (Å²) in [6.07, 6.45) is 1.76. The van der Waals surface area contributed by atoms with Crippen molar-refractivity contribution in [3.8, 4) is 0 Å². The first-order chi connectivity index (χ1) is 5.83. The van der Waals surface area contributed by atoms with Crippen molar-refractivity contribution in [2.45, 2.75) is 13.5 Å². The van der Waals surface area contributed by atoms with Gasteiger partial charge in [-0.3, -0.25) is 0 Å². The van der Waals surface area contributed by atoms with E-state index in [1.54, 1.807) is 6.08 Å². The highest BCUT2D eigenvalue weighted by molar-refractivity contribution is 5.20. The lowest BCUT2D eigenvalue weighted by Gasteiger charge is -2.01. The topological polar surface area (TPSA) is 9.23 Å². The van der Waals surface area contributed by atoms with E-state index >= 15 is 0 Å². The Hall–Kier alpha value is -1.08. The third kappa shape index (κ3) is 2.89. The third-order valence-electron chi connectivity index (χ3n) is 1.63. The minimum Gasteiger partial charge on any atom is -0.373 e. The zero-order valence-electron chi connectivity index (χ0n) is 7.42. The summed E-state index contributed by atoms with van der Waals surface area (Å²) in [5.74, 6) is 0. The Labute approximate surface area is 73.7 Å². The van der Waals surface area contributed by atoms with Crippen molar-refractivity contribution in [1.29, 1.82) is 0 Å². The molecule has 0 unspecified atom stereocenters. The van der Waals surface area contributed by atoms with E-state index in [2.05, 4.69) is 37.8 Å².